The second kappa shape index (κ2) is 6.21. The first-order chi connectivity index (χ1) is 7.84. The van der Waals surface area contributed by atoms with Crippen LogP contribution in [0.5, 0.6) is 0 Å². The molecule has 1 amide bonds. The Morgan fingerprint density at radius 3 is 3.00 bits per heavy atom. The molecule has 16 heavy (non-hydrogen) atoms. The molecule has 2 N–H and O–H groups in total. The Labute approximate surface area is 97.1 Å². The molecular weight excluding hydrogens is 204 g/mol. The van der Waals surface area contributed by atoms with E-state index in [1.54, 1.807) is 0 Å². The van der Waals surface area contributed by atoms with Gasteiger partial charge in [-0.05, 0) is 44.2 Å². The van der Waals surface area contributed by atoms with Gasteiger partial charge in [0.15, 0.2) is 0 Å². The normalized spacial score (nSPS) is 29.5. The molecule has 0 bridgehead atoms. The topological polar surface area (TPSA) is 50.4 Å². The maximum atomic E-state index is 11.6. The fourth-order valence-corrected chi connectivity index (χ4v) is 2.45. The first-order valence-electron chi connectivity index (χ1n) is 6.40. The SMILES string of the molecule is O=C(CC1CCNC1)NCCC1CCOC1. The van der Waals surface area contributed by atoms with Crippen LogP contribution in [0.25, 0.3) is 0 Å². The standard InChI is InChI=1S/C12H22N2O2/c15-12(7-11-1-4-13-8-11)14-5-2-10-3-6-16-9-10/h10-11,13H,1-9H2,(H,14,15). The third kappa shape index (κ3) is 3.76. The molecule has 2 fully saturated rings. The van der Waals surface area contributed by atoms with E-state index in [9.17, 15) is 4.79 Å². The number of ether oxygens (including phenoxy) is 1. The highest BCUT2D eigenvalue weighted by molar-refractivity contribution is 5.76. The van der Waals surface area contributed by atoms with Crippen LogP contribution in [0.1, 0.15) is 25.7 Å². The molecule has 2 aliphatic heterocycles. The minimum atomic E-state index is 0.215. The molecule has 0 radical (unpaired) electrons. The quantitative estimate of drug-likeness (QED) is 0.719. The average Bonchev–Trinajstić information content (AvgIpc) is 2.90. The number of carbonyl (C=O) groups excluding carboxylic acids is 1. The van der Waals surface area contributed by atoms with Crippen molar-refractivity contribution in [3.8, 4) is 0 Å². The number of amides is 1. The van der Waals surface area contributed by atoms with Crippen molar-refractivity contribution in [3.63, 3.8) is 0 Å². The molecule has 0 aromatic carbocycles. The van der Waals surface area contributed by atoms with E-state index in [-0.39, 0.29) is 5.91 Å². The van der Waals surface area contributed by atoms with Crippen molar-refractivity contribution < 1.29 is 9.53 Å². The predicted octanol–water partition coefficient (Wildman–Crippen LogP) is 0.529. The van der Waals surface area contributed by atoms with Crippen LogP contribution in [-0.2, 0) is 9.53 Å². The lowest BCUT2D eigenvalue weighted by molar-refractivity contribution is -0.121. The summed E-state index contributed by atoms with van der Waals surface area (Å²) in [4.78, 5) is 11.6. The third-order valence-corrected chi connectivity index (χ3v) is 3.54. The van der Waals surface area contributed by atoms with Crippen LogP contribution in [0.2, 0.25) is 0 Å². The Hall–Kier alpha value is -0.610. The summed E-state index contributed by atoms with van der Waals surface area (Å²) in [7, 11) is 0. The molecule has 2 saturated heterocycles. The molecule has 0 spiro atoms. The van der Waals surface area contributed by atoms with Gasteiger partial charge >= 0.3 is 0 Å². The lowest BCUT2D eigenvalue weighted by Crippen LogP contribution is -2.28. The van der Waals surface area contributed by atoms with Gasteiger partial charge in [0.25, 0.3) is 0 Å². The summed E-state index contributed by atoms with van der Waals surface area (Å²) in [5.41, 5.74) is 0. The van der Waals surface area contributed by atoms with Gasteiger partial charge in [0.2, 0.25) is 5.91 Å². The highest BCUT2D eigenvalue weighted by atomic mass is 16.5. The van der Waals surface area contributed by atoms with Crippen molar-refractivity contribution in [1.82, 2.24) is 10.6 Å². The summed E-state index contributed by atoms with van der Waals surface area (Å²) in [5, 5.41) is 6.30. The van der Waals surface area contributed by atoms with Crippen LogP contribution in [0.15, 0.2) is 0 Å². The van der Waals surface area contributed by atoms with E-state index in [0.717, 1.165) is 52.1 Å². The van der Waals surface area contributed by atoms with Gasteiger partial charge in [-0.15, -0.1) is 0 Å². The summed E-state index contributed by atoms with van der Waals surface area (Å²) in [5.74, 6) is 1.43. The zero-order valence-corrected chi connectivity index (χ0v) is 9.84. The van der Waals surface area contributed by atoms with Crippen LogP contribution >= 0.6 is 0 Å². The first-order valence-corrected chi connectivity index (χ1v) is 6.40. The van der Waals surface area contributed by atoms with Crippen molar-refractivity contribution in [2.45, 2.75) is 25.7 Å². The van der Waals surface area contributed by atoms with Crippen LogP contribution in [0.3, 0.4) is 0 Å². The summed E-state index contributed by atoms with van der Waals surface area (Å²) in [6, 6.07) is 0. The maximum Gasteiger partial charge on any atom is 0.220 e. The lowest BCUT2D eigenvalue weighted by atomic mass is 10.0. The van der Waals surface area contributed by atoms with Gasteiger partial charge in [-0.25, -0.2) is 0 Å². The summed E-state index contributed by atoms with van der Waals surface area (Å²) >= 11 is 0. The molecule has 2 rings (SSSR count). The van der Waals surface area contributed by atoms with E-state index < -0.39 is 0 Å². The first kappa shape index (κ1) is 11.9. The van der Waals surface area contributed by atoms with Crippen LogP contribution in [0, 0.1) is 11.8 Å². The minimum Gasteiger partial charge on any atom is -0.381 e. The van der Waals surface area contributed by atoms with E-state index in [4.69, 9.17) is 4.74 Å². The molecule has 4 heteroatoms. The van der Waals surface area contributed by atoms with Gasteiger partial charge in [-0.1, -0.05) is 0 Å². The number of carbonyl (C=O) groups is 1. The molecule has 2 atom stereocenters. The van der Waals surface area contributed by atoms with Crippen molar-refractivity contribution in [2.24, 2.45) is 11.8 Å². The van der Waals surface area contributed by atoms with Crippen molar-refractivity contribution in [1.29, 1.82) is 0 Å². The van der Waals surface area contributed by atoms with Gasteiger partial charge < -0.3 is 15.4 Å². The summed E-state index contributed by atoms with van der Waals surface area (Å²) in [6.45, 7) is 4.66. The zero-order chi connectivity index (χ0) is 11.2. The summed E-state index contributed by atoms with van der Waals surface area (Å²) in [6.07, 6.45) is 4.05. The van der Waals surface area contributed by atoms with Crippen LogP contribution < -0.4 is 10.6 Å². The highest BCUT2D eigenvalue weighted by Gasteiger charge is 2.18. The monoisotopic (exact) mass is 226 g/mol. The summed E-state index contributed by atoms with van der Waals surface area (Å²) < 4.78 is 5.30. The fraction of sp³-hybridized carbons (Fsp3) is 0.917. The maximum absolute atomic E-state index is 11.6. The lowest BCUT2D eigenvalue weighted by Gasteiger charge is -2.11. The van der Waals surface area contributed by atoms with Gasteiger partial charge in [-0.2, -0.15) is 0 Å². The zero-order valence-electron chi connectivity index (χ0n) is 9.84. The van der Waals surface area contributed by atoms with Crippen LogP contribution in [-0.4, -0.2) is 38.8 Å². The Balaban J connectivity index is 1.52. The molecule has 0 saturated carbocycles. The molecule has 0 aromatic rings. The smallest absolute Gasteiger partial charge is 0.220 e. The molecule has 0 aromatic heterocycles. The number of hydrogen-bond donors (Lipinski definition) is 2. The highest BCUT2D eigenvalue weighted by Crippen LogP contribution is 2.15. The Bertz CT molecular complexity index is 221. The third-order valence-electron chi connectivity index (χ3n) is 3.54. The van der Waals surface area contributed by atoms with E-state index in [1.807, 2.05) is 0 Å². The van der Waals surface area contributed by atoms with Gasteiger partial charge in [-0.3, -0.25) is 4.79 Å². The molecule has 2 unspecified atom stereocenters. The van der Waals surface area contributed by atoms with Gasteiger partial charge in [0.05, 0.1) is 0 Å². The molecular formula is C12H22N2O2. The van der Waals surface area contributed by atoms with Gasteiger partial charge in [0, 0.05) is 26.2 Å². The number of rotatable bonds is 5. The second-order valence-electron chi connectivity index (χ2n) is 4.93. The molecule has 4 nitrogen and oxygen atoms in total. The van der Waals surface area contributed by atoms with Crippen molar-refractivity contribution in [2.75, 3.05) is 32.8 Å². The van der Waals surface area contributed by atoms with E-state index in [1.165, 1.54) is 0 Å². The average molecular weight is 226 g/mol. The van der Waals surface area contributed by atoms with Crippen molar-refractivity contribution in [3.05, 3.63) is 0 Å². The fourth-order valence-electron chi connectivity index (χ4n) is 2.45. The number of hydrogen-bond acceptors (Lipinski definition) is 3. The van der Waals surface area contributed by atoms with Crippen molar-refractivity contribution >= 4 is 5.91 Å². The molecule has 2 aliphatic rings. The second-order valence-corrected chi connectivity index (χ2v) is 4.93. The molecule has 92 valence electrons. The predicted molar refractivity (Wildman–Crippen MR) is 62.1 cm³/mol. The van der Waals surface area contributed by atoms with E-state index in [2.05, 4.69) is 10.6 Å². The molecule has 0 aliphatic carbocycles. The van der Waals surface area contributed by atoms with E-state index >= 15 is 0 Å². The number of nitrogens with one attached hydrogen (secondary N) is 2. The minimum absolute atomic E-state index is 0.215. The van der Waals surface area contributed by atoms with E-state index in [0.29, 0.717) is 18.3 Å². The molecule has 2 heterocycles. The Morgan fingerprint density at radius 2 is 2.31 bits per heavy atom. The van der Waals surface area contributed by atoms with Crippen LogP contribution in [0.4, 0.5) is 0 Å². The Morgan fingerprint density at radius 1 is 1.38 bits per heavy atom. The Kier molecular flexibility index (Phi) is 4.60. The van der Waals surface area contributed by atoms with Gasteiger partial charge in [0.1, 0.15) is 0 Å². The largest absolute Gasteiger partial charge is 0.381 e.